The van der Waals surface area contributed by atoms with Gasteiger partial charge in [0.25, 0.3) is 0 Å². The number of ether oxygens (including phenoxy) is 1. The molecule has 4 nitrogen and oxygen atoms in total. The van der Waals surface area contributed by atoms with Gasteiger partial charge in [-0.05, 0) is 54.2 Å². The zero-order valence-electron chi connectivity index (χ0n) is 13.1. The average molecular weight is 409 g/mol. The van der Waals surface area contributed by atoms with Crippen LogP contribution in [0.4, 0.5) is 0 Å². The molecule has 0 fully saturated rings. The number of rotatable bonds is 5. The molecule has 2 aromatic carbocycles. The van der Waals surface area contributed by atoms with E-state index >= 15 is 0 Å². The lowest BCUT2D eigenvalue weighted by atomic mass is 10.1. The Morgan fingerprint density at radius 1 is 1.24 bits per heavy atom. The smallest absolute Gasteiger partial charge is 0.337 e. The van der Waals surface area contributed by atoms with Crippen molar-refractivity contribution in [1.29, 1.82) is 0 Å². The quantitative estimate of drug-likeness (QED) is 0.321. The minimum Gasteiger partial charge on any atom is -0.465 e. The number of carbonyl (C=O) groups is 1. The predicted octanol–water partition coefficient (Wildman–Crippen LogP) is 5.40. The van der Waals surface area contributed by atoms with Crippen LogP contribution < -0.4 is 0 Å². The molecule has 0 saturated carbocycles. The van der Waals surface area contributed by atoms with Gasteiger partial charge < -0.3 is 4.74 Å². The molecule has 0 aliphatic rings. The minimum absolute atomic E-state index is 0.334. The van der Waals surface area contributed by atoms with E-state index in [1.807, 2.05) is 36.4 Å². The van der Waals surface area contributed by atoms with Gasteiger partial charge in [-0.25, -0.2) is 9.48 Å². The van der Waals surface area contributed by atoms with Gasteiger partial charge in [-0.1, -0.05) is 46.8 Å². The standard InChI is InChI=1S/C17H13ClN2O2S3/c1-22-15(21)12-4-2-11(3-5-12)10-24-16-19-20(17(23)25-16)14-8-6-13(18)7-9-14/h2-9H,10H2,1H3. The van der Waals surface area contributed by atoms with Gasteiger partial charge in [0.2, 0.25) is 0 Å². The van der Waals surface area contributed by atoms with Gasteiger partial charge >= 0.3 is 5.97 Å². The van der Waals surface area contributed by atoms with E-state index in [-0.39, 0.29) is 5.97 Å². The van der Waals surface area contributed by atoms with Gasteiger partial charge in [0.05, 0.1) is 18.4 Å². The molecule has 0 aliphatic carbocycles. The Balaban J connectivity index is 1.70. The Labute approximate surface area is 163 Å². The molecule has 0 bridgehead atoms. The van der Waals surface area contributed by atoms with Crippen molar-refractivity contribution in [2.45, 2.75) is 10.1 Å². The maximum absolute atomic E-state index is 11.4. The van der Waals surface area contributed by atoms with E-state index in [4.69, 9.17) is 28.6 Å². The molecule has 3 rings (SSSR count). The Morgan fingerprint density at radius 2 is 1.92 bits per heavy atom. The van der Waals surface area contributed by atoms with E-state index in [9.17, 15) is 4.79 Å². The van der Waals surface area contributed by atoms with Crippen molar-refractivity contribution in [1.82, 2.24) is 9.78 Å². The first-order chi connectivity index (χ1) is 12.1. The van der Waals surface area contributed by atoms with Crippen LogP contribution in [0.5, 0.6) is 0 Å². The second-order valence-electron chi connectivity index (χ2n) is 5.00. The van der Waals surface area contributed by atoms with E-state index in [1.165, 1.54) is 18.4 Å². The van der Waals surface area contributed by atoms with Gasteiger partial charge in [0.15, 0.2) is 8.29 Å². The first kappa shape index (κ1) is 18.1. The maximum atomic E-state index is 11.4. The van der Waals surface area contributed by atoms with Crippen molar-refractivity contribution in [3.05, 3.63) is 68.6 Å². The molecule has 0 radical (unpaired) electrons. The van der Waals surface area contributed by atoms with E-state index in [0.29, 0.717) is 14.5 Å². The Hall–Kier alpha value is -1.67. The molecule has 0 atom stereocenters. The first-order valence-electron chi connectivity index (χ1n) is 7.23. The number of benzene rings is 2. The lowest BCUT2D eigenvalue weighted by molar-refractivity contribution is 0.0600. The van der Waals surface area contributed by atoms with Gasteiger partial charge in [0, 0.05) is 10.8 Å². The van der Waals surface area contributed by atoms with Crippen LogP contribution in [0.2, 0.25) is 5.02 Å². The van der Waals surface area contributed by atoms with Crippen LogP contribution >= 0.6 is 46.9 Å². The molecular formula is C17H13ClN2O2S3. The Bertz CT molecular complexity index is 934. The number of hydrogen-bond donors (Lipinski definition) is 0. The highest BCUT2D eigenvalue weighted by Crippen LogP contribution is 2.27. The summed E-state index contributed by atoms with van der Waals surface area (Å²) in [5.74, 6) is 0.406. The molecule has 1 aromatic heterocycles. The zero-order valence-corrected chi connectivity index (χ0v) is 16.3. The summed E-state index contributed by atoms with van der Waals surface area (Å²) in [6.07, 6.45) is 0. The van der Waals surface area contributed by atoms with Crippen LogP contribution in [0.15, 0.2) is 52.9 Å². The summed E-state index contributed by atoms with van der Waals surface area (Å²) in [5, 5.41) is 5.24. The van der Waals surface area contributed by atoms with Crippen LogP contribution in [0, 0.1) is 3.95 Å². The molecular weight excluding hydrogens is 396 g/mol. The molecule has 0 N–H and O–H groups in total. The van der Waals surface area contributed by atoms with Crippen LogP contribution in [0.1, 0.15) is 15.9 Å². The van der Waals surface area contributed by atoms with E-state index in [2.05, 4.69) is 5.10 Å². The van der Waals surface area contributed by atoms with Crippen molar-refractivity contribution >= 4 is 52.9 Å². The number of hydrogen-bond acceptors (Lipinski definition) is 6. The summed E-state index contributed by atoms with van der Waals surface area (Å²) in [5.41, 5.74) is 2.52. The summed E-state index contributed by atoms with van der Waals surface area (Å²) in [4.78, 5) is 11.4. The second-order valence-corrected chi connectivity index (χ2v) is 8.28. The number of aromatic nitrogens is 2. The van der Waals surface area contributed by atoms with Crippen LogP contribution in [0.3, 0.4) is 0 Å². The van der Waals surface area contributed by atoms with E-state index < -0.39 is 0 Å². The molecule has 3 aromatic rings. The average Bonchev–Trinajstić information content (AvgIpc) is 3.01. The molecule has 0 aliphatic heterocycles. The fourth-order valence-electron chi connectivity index (χ4n) is 2.06. The van der Waals surface area contributed by atoms with Gasteiger partial charge in [0.1, 0.15) is 0 Å². The maximum Gasteiger partial charge on any atom is 0.337 e. The zero-order chi connectivity index (χ0) is 17.8. The highest BCUT2D eigenvalue weighted by Gasteiger charge is 2.08. The highest BCUT2D eigenvalue weighted by atomic mass is 35.5. The highest BCUT2D eigenvalue weighted by molar-refractivity contribution is 8.00. The fraction of sp³-hybridized carbons (Fsp3) is 0.118. The SMILES string of the molecule is COC(=O)c1ccc(CSc2nn(-c3ccc(Cl)cc3)c(=S)s2)cc1. The normalized spacial score (nSPS) is 10.6. The summed E-state index contributed by atoms with van der Waals surface area (Å²) in [6, 6.07) is 14.7. The molecule has 0 unspecified atom stereocenters. The Kier molecular flexibility index (Phi) is 5.90. The topological polar surface area (TPSA) is 44.1 Å². The lowest BCUT2D eigenvalue weighted by Crippen LogP contribution is -2.00. The number of thioether (sulfide) groups is 1. The third-order valence-corrected chi connectivity index (χ3v) is 6.03. The molecule has 8 heteroatoms. The number of carbonyl (C=O) groups excluding carboxylic acids is 1. The van der Waals surface area contributed by atoms with Crippen molar-refractivity contribution < 1.29 is 9.53 Å². The van der Waals surface area contributed by atoms with Gasteiger partial charge in [-0.3, -0.25) is 0 Å². The fourth-order valence-corrected chi connectivity index (χ4v) is 4.51. The van der Waals surface area contributed by atoms with Gasteiger partial charge in [-0.15, -0.1) is 5.10 Å². The molecule has 128 valence electrons. The minimum atomic E-state index is -0.334. The first-order valence-corrected chi connectivity index (χ1v) is 9.82. The molecule has 1 heterocycles. The largest absolute Gasteiger partial charge is 0.465 e. The van der Waals surface area contributed by atoms with Crippen molar-refractivity contribution in [2.75, 3.05) is 7.11 Å². The van der Waals surface area contributed by atoms with Crippen molar-refractivity contribution in [2.24, 2.45) is 0 Å². The molecule has 0 amide bonds. The molecule has 0 saturated heterocycles. The number of nitrogens with zero attached hydrogens (tertiary/aromatic N) is 2. The van der Waals surface area contributed by atoms with Gasteiger partial charge in [-0.2, -0.15) is 0 Å². The second kappa shape index (κ2) is 8.14. The predicted molar refractivity (Wildman–Crippen MR) is 105 cm³/mol. The summed E-state index contributed by atoms with van der Waals surface area (Å²) in [7, 11) is 1.37. The van der Waals surface area contributed by atoms with Crippen LogP contribution in [-0.2, 0) is 10.5 Å². The van der Waals surface area contributed by atoms with Crippen molar-refractivity contribution in [3.63, 3.8) is 0 Å². The summed E-state index contributed by atoms with van der Waals surface area (Å²) >= 11 is 14.4. The number of esters is 1. The van der Waals surface area contributed by atoms with Crippen LogP contribution in [-0.4, -0.2) is 22.9 Å². The third kappa shape index (κ3) is 4.49. The van der Waals surface area contributed by atoms with Crippen molar-refractivity contribution in [3.8, 4) is 5.69 Å². The van der Waals surface area contributed by atoms with E-state index in [1.54, 1.807) is 28.6 Å². The number of methoxy groups -OCH3 is 1. The Morgan fingerprint density at radius 3 is 2.56 bits per heavy atom. The lowest BCUT2D eigenvalue weighted by Gasteiger charge is -2.02. The molecule has 25 heavy (non-hydrogen) atoms. The third-order valence-electron chi connectivity index (χ3n) is 3.34. The monoisotopic (exact) mass is 408 g/mol. The molecule has 0 spiro atoms. The summed E-state index contributed by atoms with van der Waals surface area (Å²) in [6.45, 7) is 0. The summed E-state index contributed by atoms with van der Waals surface area (Å²) < 4.78 is 8.00. The van der Waals surface area contributed by atoms with E-state index in [0.717, 1.165) is 21.3 Å². The number of halogens is 1. The van der Waals surface area contributed by atoms with Crippen LogP contribution in [0.25, 0.3) is 5.69 Å².